The van der Waals surface area contributed by atoms with Gasteiger partial charge in [-0.1, -0.05) is 13.8 Å². The molecule has 0 saturated heterocycles. The molecule has 0 aliphatic heterocycles. The van der Waals surface area contributed by atoms with E-state index in [2.05, 4.69) is 19.2 Å². The van der Waals surface area contributed by atoms with Crippen LogP contribution in [0.2, 0.25) is 0 Å². The van der Waals surface area contributed by atoms with E-state index in [1.807, 2.05) is 0 Å². The highest BCUT2D eigenvalue weighted by Crippen LogP contribution is 2.41. The minimum Gasteiger partial charge on any atom is -0.480 e. The molecule has 0 heterocycles. The molecule has 4 nitrogen and oxygen atoms in total. The van der Waals surface area contributed by atoms with Crippen LogP contribution in [0, 0.1) is 11.3 Å². The number of likely N-dealkylation sites (N-methyl/N-ethyl adjacent to an activating group) is 1. The second-order valence-electron chi connectivity index (χ2n) is 6.98. The summed E-state index contributed by atoms with van der Waals surface area (Å²) < 4.78 is 5.95. The van der Waals surface area contributed by atoms with Crippen molar-refractivity contribution in [3.8, 4) is 0 Å². The minimum absolute atomic E-state index is 0.232. The maximum Gasteiger partial charge on any atom is 0.326 e. The van der Waals surface area contributed by atoms with Crippen LogP contribution in [0.5, 0.6) is 0 Å². The molecule has 0 aromatic rings. The Kier molecular flexibility index (Phi) is 4.21. The second kappa shape index (κ2) is 5.41. The number of carboxylic acids is 1. The number of carboxylic acid groups (broad SMARTS) is 1. The fraction of sp³-hybridized carbons (Fsp3) is 0.933. The highest BCUT2D eigenvalue weighted by Gasteiger charge is 2.51. The first-order chi connectivity index (χ1) is 8.89. The van der Waals surface area contributed by atoms with Crippen LogP contribution >= 0.6 is 0 Å². The first-order valence-corrected chi connectivity index (χ1v) is 7.43. The predicted molar refractivity (Wildman–Crippen MR) is 74.1 cm³/mol. The Hall–Kier alpha value is -0.610. The van der Waals surface area contributed by atoms with Gasteiger partial charge < -0.3 is 15.2 Å². The van der Waals surface area contributed by atoms with E-state index in [4.69, 9.17) is 4.74 Å². The molecule has 0 amide bonds. The van der Waals surface area contributed by atoms with E-state index in [0.29, 0.717) is 12.0 Å². The average molecular weight is 269 g/mol. The quantitative estimate of drug-likeness (QED) is 0.777. The lowest BCUT2D eigenvalue weighted by molar-refractivity contribution is -0.150. The number of aliphatic carboxylic acids is 1. The summed E-state index contributed by atoms with van der Waals surface area (Å²) in [5.41, 5.74) is -0.448. The standard InChI is InChI=1S/C15H27NO3/c1-14(2)8-6-12(7-9-14)19-10-15(16-3,13(17)18)11-4-5-11/h11-12,16H,4-10H2,1-3H3,(H,17,18). The molecule has 2 rings (SSSR count). The average Bonchev–Trinajstić information content (AvgIpc) is 3.16. The van der Waals surface area contributed by atoms with Crippen LogP contribution in [0.4, 0.5) is 0 Å². The van der Waals surface area contributed by atoms with Crippen molar-refractivity contribution in [2.45, 2.75) is 64.0 Å². The number of hydrogen-bond acceptors (Lipinski definition) is 3. The van der Waals surface area contributed by atoms with Crippen molar-refractivity contribution in [3.63, 3.8) is 0 Å². The Morgan fingerprint density at radius 2 is 1.89 bits per heavy atom. The molecule has 110 valence electrons. The van der Waals surface area contributed by atoms with Gasteiger partial charge in [-0.25, -0.2) is 0 Å². The van der Waals surface area contributed by atoms with Gasteiger partial charge in [0.1, 0.15) is 5.54 Å². The fourth-order valence-corrected chi connectivity index (χ4v) is 3.10. The van der Waals surface area contributed by atoms with Gasteiger partial charge in [0.15, 0.2) is 0 Å². The molecule has 2 fully saturated rings. The molecule has 0 aromatic carbocycles. The summed E-state index contributed by atoms with van der Waals surface area (Å²) in [6.45, 7) is 4.89. The Bertz CT molecular complexity index is 328. The summed E-state index contributed by atoms with van der Waals surface area (Å²) in [6, 6.07) is 0. The fourth-order valence-electron chi connectivity index (χ4n) is 3.10. The largest absolute Gasteiger partial charge is 0.480 e. The van der Waals surface area contributed by atoms with Crippen LogP contribution in [-0.4, -0.2) is 36.4 Å². The number of rotatable bonds is 6. The molecular formula is C15H27NO3. The molecule has 19 heavy (non-hydrogen) atoms. The predicted octanol–water partition coefficient (Wildman–Crippen LogP) is 2.42. The molecule has 0 bridgehead atoms. The van der Waals surface area contributed by atoms with Crippen LogP contribution in [0.25, 0.3) is 0 Å². The summed E-state index contributed by atoms with van der Waals surface area (Å²) in [5.74, 6) is -0.538. The van der Waals surface area contributed by atoms with Crippen molar-refractivity contribution in [2.24, 2.45) is 11.3 Å². The third-order valence-electron chi connectivity index (χ3n) is 4.93. The van der Waals surface area contributed by atoms with Crippen molar-refractivity contribution in [1.29, 1.82) is 0 Å². The van der Waals surface area contributed by atoms with E-state index in [1.54, 1.807) is 7.05 Å². The second-order valence-corrected chi connectivity index (χ2v) is 6.98. The Labute approximate surface area is 115 Å². The van der Waals surface area contributed by atoms with Gasteiger partial charge in [0.2, 0.25) is 0 Å². The van der Waals surface area contributed by atoms with E-state index >= 15 is 0 Å². The zero-order valence-corrected chi connectivity index (χ0v) is 12.4. The maximum atomic E-state index is 11.6. The third kappa shape index (κ3) is 3.29. The zero-order chi connectivity index (χ0) is 14.1. The minimum atomic E-state index is -0.868. The Balaban J connectivity index is 1.88. The Morgan fingerprint density at radius 1 is 1.32 bits per heavy atom. The van der Waals surface area contributed by atoms with E-state index in [1.165, 1.54) is 12.8 Å². The molecule has 2 aliphatic carbocycles. The van der Waals surface area contributed by atoms with Gasteiger partial charge in [0.25, 0.3) is 0 Å². The van der Waals surface area contributed by atoms with Crippen LogP contribution in [0.15, 0.2) is 0 Å². The van der Waals surface area contributed by atoms with E-state index in [9.17, 15) is 9.90 Å². The third-order valence-corrected chi connectivity index (χ3v) is 4.93. The van der Waals surface area contributed by atoms with Crippen molar-refractivity contribution < 1.29 is 14.6 Å². The lowest BCUT2D eigenvalue weighted by Gasteiger charge is -2.36. The monoisotopic (exact) mass is 269 g/mol. The zero-order valence-electron chi connectivity index (χ0n) is 12.4. The summed E-state index contributed by atoms with van der Waals surface area (Å²) in [5, 5.41) is 12.5. The molecule has 2 N–H and O–H groups in total. The van der Waals surface area contributed by atoms with Gasteiger partial charge >= 0.3 is 5.97 Å². The van der Waals surface area contributed by atoms with Crippen LogP contribution in [0.1, 0.15) is 52.4 Å². The van der Waals surface area contributed by atoms with E-state index in [-0.39, 0.29) is 12.0 Å². The molecule has 1 unspecified atom stereocenters. The molecule has 2 saturated carbocycles. The summed E-state index contributed by atoms with van der Waals surface area (Å²) in [6.07, 6.45) is 6.66. The van der Waals surface area contributed by atoms with Crippen LogP contribution in [0.3, 0.4) is 0 Å². The Morgan fingerprint density at radius 3 is 2.32 bits per heavy atom. The molecule has 1 atom stereocenters. The molecular weight excluding hydrogens is 242 g/mol. The molecule has 0 aromatic heterocycles. The van der Waals surface area contributed by atoms with Crippen LogP contribution < -0.4 is 5.32 Å². The highest BCUT2D eigenvalue weighted by atomic mass is 16.5. The molecule has 0 spiro atoms. The van der Waals surface area contributed by atoms with Crippen molar-refractivity contribution in [1.82, 2.24) is 5.32 Å². The number of nitrogens with one attached hydrogen (secondary N) is 1. The van der Waals surface area contributed by atoms with E-state index in [0.717, 1.165) is 25.7 Å². The van der Waals surface area contributed by atoms with Gasteiger partial charge in [-0.15, -0.1) is 0 Å². The normalized spacial score (nSPS) is 26.9. The first-order valence-electron chi connectivity index (χ1n) is 7.43. The van der Waals surface area contributed by atoms with Gasteiger partial charge in [-0.3, -0.25) is 4.79 Å². The van der Waals surface area contributed by atoms with Gasteiger partial charge in [0.05, 0.1) is 12.7 Å². The van der Waals surface area contributed by atoms with Crippen molar-refractivity contribution in [2.75, 3.05) is 13.7 Å². The lowest BCUT2D eigenvalue weighted by atomic mass is 9.76. The van der Waals surface area contributed by atoms with Gasteiger partial charge in [-0.2, -0.15) is 0 Å². The number of hydrogen-bond donors (Lipinski definition) is 2. The summed E-state index contributed by atoms with van der Waals surface area (Å²) in [7, 11) is 1.74. The summed E-state index contributed by atoms with van der Waals surface area (Å²) >= 11 is 0. The van der Waals surface area contributed by atoms with Crippen molar-refractivity contribution >= 4 is 5.97 Å². The first kappa shape index (κ1) is 14.8. The maximum absolute atomic E-state index is 11.6. The topological polar surface area (TPSA) is 58.6 Å². The van der Waals surface area contributed by atoms with Gasteiger partial charge in [-0.05, 0) is 56.9 Å². The van der Waals surface area contributed by atoms with Crippen LogP contribution in [-0.2, 0) is 9.53 Å². The van der Waals surface area contributed by atoms with E-state index < -0.39 is 11.5 Å². The molecule has 4 heteroatoms. The lowest BCUT2D eigenvalue weighted by Crippen LogP contribution is -2.56. The smallest absolute Gasteiger partial charge is 0.326 e. The summed E-state index contributed by atoms with van der Waals surface area (Å²) in [4.78, 5) is 11.6. The van der Waals surface area contributed by atoms with Gasteiger partial charge in [0, 0.05) is 0 Å². The van der Waals surface area contributed by atoms with Crippen molar-refractivity contribution in [3.05, 3.63) is 0 Å². The molecule has 2 aliphatic rings. The highest BCUT2D eigenvalue weighted by molar-refractivity contribution is 5.80. The number of ether oxygens (including phenoxy) is 1. The SMILES string of the molecule is CNC(COC1CCC(C)(C)CC1)(C(=O)O)C1CC1. The molecule has 0 radical (unpaired) electrons. The number of carbonyl (C=O) groups is 1.